The molecule has 4 nitrogen and oxygen atoms in total. The van der Waals surface area contributed by atoms with Crippen LogP contribution in [-0.2, 0) is 0 Å². The van der Waals surface area contributed by atoms with Crippen LogP contribution in [0.5, 0.6) is 0 Å². The number of rotatable bonds is 2. The lowest BCUT2D eigenvalue weighted by molar-refractivity contribution is 0.0859. The fourth-order valence-corrected chi connectivity index (χ4v) is 3.09. The van der Waals surface area contributed by atoms with E-state index in [1.54, 1.807) is 41.3 Å². The van der Waals surface area contributed by atoms with Crippen LogP contribution in [0.25, 0.3) is 0 Å². The van der Waals surface area contributed by atoms with Crippen molar-refractivity contribution in [3.63, 3.8) is 0 Å². The minimum Gasteiger partial charge on any atom is -0.286 e. The lowest BCUT2D eigenvalue weighted by atomic mass is 10.2. The maximum Gasteiger partial charge on any atom is 0.279 e. The van der Waals surface area contributed by atoms with Crippen LogP contribution >= 0.6 is 11.8 Å². The first-order valence-corrected chi connectivity index (χ1v) is 7.92. The first-order valence-electron chi connectivity index (χ1n) is 6.93. The summed E-state index contributed by atoms with van der Waals surface area (Å²) in [5, 5.41) is 0.475. The van der Waals surface area contributed by atoms with Gasteiger partial charge in [0.1, 0.15) is 0 Å². The van der Waals surface area contributed by atoms with Gasteiger partial charge < -0.3 is 0 Å². The molecule has 2 amide bonds. The minimum atomic E-state index is -0.323. The van der Waals surface area contributed by atoms with Crippen molar-refractivity contribution >= 4 is 28.7 Å². The van der Waals surface area contributed by atoms with Crippen LogP contribution in [0.15, 0.2) is 65.7 Å². The molecule has 0 saturated carbocycles. The molecule has 1 saturated heterocycles. The van der Waals surface area contributed by atoms with Crippen LogP contribution in [0.2, 0.25) is 0 Å². The first-order chi connectivity index (χ1) is 10.8. The van der Waals surface area contributed by atoms with E-state index in [2.05, 4.69) is 4.99 Å². The van der Waals surface area contributed by atoms with Gasteiger partial charge in [-0.15, -0.1) is 0 Å². The molecular weight excluding hydrogens is 296 g/mol. The molecule has 0 spiro atoms. The summed E-state index contributed by atoms with van der Waals surface area (Å²) < 4.78 is 0. The summed E-state index contributed by atoms with van der Waals surface area (Å²) in [4.78, 5) is 30.4. The predicted octanol–water partition coefficient (Wildman–Crippen LogP) is 3.07. The number of carbonyl (C=O) groups excluding carboxylic acids is 2. The maximum absolute atomic E-state index is 12.5. The van der Waals surface area contributed by atoms with Crippen molar-refractivity contribution in [1.82, 2.24) is 4.90 Å². The molecule has 22 heavy (non-hydrogen) atoms. The van der Waals surface area contributed by atoms with E-state index >= 15 is 0 Å². The Morgan fingerprint density at radius 3 is 2.14 bits per heavy atom. The molecule has 3 rings (SSSR count). The Kier molecular flexibility index (Phi) is 4.34. The molecule has 0 unspecified atom stereocenters. The van der Waals surface area contributed by atoms with Crippen molar-refractivity contribution in [3.05, 3.63) is 71.8 Å². The molecule has 1 aliphatic heterocycles. The largest absolute Gasteiger partial charge is 0.286 e. The third-order valence-electron chi connectivity index (χ3n) is 3.26. The number of hydrogen-bond donors (Lipinski definition) is 0. The third-order valence-corrected chi connectivity index (χ3v) is 4.22. The fourth-order valence-electron chi connectivity index (χ4n) is 2.15. The predicted molar refractivity (Wildman–Crippen MR) is 88.1 cm³/mol. The number of hydrogen-bond acceptors (Lipinski definition) is 3. The molecule has 1 fully saturated rings. The van der Waals surface area contributed by atoms with Gasteiger partial charge in [-0.2, -0.15) is 4.99 Å². The van der Waals surface area contributed by atoms with E-state index < -0.39 is 0 Å². The normalized spacial score (nSPS) is 16.0. The van der Waals surface area contributed by atoms with Crippen molar-refractivity contribution in [3.8, 4) is 0 Å². The topological polar surface area (TPSA) is 49.7 Å². The molecule has 110 valence electrons. The highest BCUT2D eigenvalue weighted by Crippen LogP contribution is 2.21. The van der Waals surface area contributed by atoms with E-state index in [-0.39, 0.29) is 11.8 Å². The van der Waals surface area contributed by atoms with Gasteiger partial charge in [0.25, 0.3) is 11.8 Å². The Labute approximate surface area is 132 Å². The zero-order valence-corrected chi connectivity index (χ0v) is 12.6. The van der Waals surface area contributed by atoms with Crippen molar-refractivity contribution < 1.29 is 9.59 Å². The van der Waals surface area contributed by atoms with Crippen LogP contribution in [0, 0.1) is 0 Å². The Balaban J connectivity index is 1.83. The summed E-state index contributed by atoms with van der Waals surface area (Å²) in [5.41, 5.74) is 1.12. The monoisotopic (exact) mass is 310 g/mol. The molecule has 1 aliphatic rings. The van der Waals surface area contributed by atoms with E-state index in [0.29, 0.717) is 22.8 Å². The van der Waals surface area contributed by atoms with Gasteiger partial charge in [-0.05, 0) is 24.3 Å². The maximum atomic E-state index is 12.5. The zero-order valence-electron chi connectivity index (χ0n) is 11.8. The Morgan fingerprint density at radius 1 is 0.909 bits per heavy atom. The van der Waals surface area contributed by atoms with Gasteiger partial charge in [0.2, 0.25) is 0 Å². The van der Waals surface area contributed by atoms with Crippen LogP contribution in [-0.4, -0.2) is 34.2 Å². The summed E-state index contributed by atoms with van der Waals surface area (Å²) in [6.07, 6.45) is 0. The van der Waals surface area contributed by atoms with E-state index in [1.807, 2.05) is 24.3 Å². The fraction of sp³-hybridized carbons (Fsp3) is 0.118. The van der Waals surface area contributed by atoms with Gasteiger partial charge in [0, 0.05) is 23.4 Å². The molecule has 0 aromatic heterocycles. The molecule has 2 aromatic carbocycles. The van der Waals surface area contributed by atoms with E-state index in [4.69, 9.17) is 0 Å². The van der Waals surface area contributed by atoms with Crippen LogP contribution in [0.4, 0.5) is 0 Å². The number of amides is 2. The second kappa shape index (κ2) is 6.58. The number of carbonyl (C=O) groups is 2. The molecule has 2 aromatic rings. The number of thioether (sulfide) groups is 1. The van der Waals surface area contributed by atoms with Crippen LogP contribution in [0.1, 0.15) is 20.7 Å². The number of amidine groups is 1. The molecule has 0 aliphatic carbocycles. The molecule has 0 bridgehead atoms. The number of nitrogens with zero attached hydrogens (tertiary/aromatic N) is 2. The van der Waals surface area contributed by atoms with Gasteiger partial charge in [-0.25, -0.2) is 0 Å². The molecule has 0 radical (unpaired) electrons. The lowest BCUT2D eigenvalue weighted by Gasteiger charge is -2.15. The van der Waals surface area contributed by atoms with E-state index in [1.165, 1.54) is 11.8 Å². The summed E-state index contributed by atoms with van der Waals surface area (Å²) in [6, 6.07) is 17.9. The summed E-state index contributed by atoms with van der Waals surface area (Å²) in [5.74, 6) is 0.306. The molecule has 5 heteroatoms. The average molecular weight is 310 g/mol. The summed E-state index contributed by atoms with van der Waals surface area (Å²) in [6.45, 7) is 0.569. The smallest absolute Gasteiger partial charge is 0.279 e. The first kappa shape index (κ1) is 14.5. The van der Waals surface area contributed by atoms with Crippen molar-refractivity contribution in [2.24, 2.45) is 4.99 Å². The molecule has 0 atom stereocenters. The van der Waals surface area contributed by atoms with Gasteiger partial charge in [-0.3, -0.25) is 14.5 Å². The number of benzene rings is 2. The van der Waals surface area contributed by atoms with Crippen LogP contribution in [0.3, 0.4) is 0 Å². The standard InChI is InChI=1S/C17H14N2O2S/c20-15(13-7-3-1-4-8-13)18-17-19(11-12-22-17)16(21)14-9-5-2-6-10-14/h1-10H,11-12H2/b18-17-. The minimum absolute atomic E-state index is 0.120. The second-order valence-corrected chi connectivity index (χ2v) is 5.80. The highest BCUT2D eigenvalue weighted by molar-refractivity contribution is 8.14. The van der Waals surface area contributed by atoms with Crippen LogP contribution < -0.4 is 0 Å². The average Bonchev–Trinajstić information content (AvgIpc) is 3.04. The Bertz CT molecular complexity index is 714. The lowest BCUT2D eigenvalue weighted by Crippen LogP contribution is -2.32. The second-order valence-electron chi connectivity index (χ2n) is 4.74. The van der Waals surface area contributed by atoms with Gasteiger partial charge >= 0.3 is 0 Å². The summed E-state index contributed by atoms with van der Waals surface area (Å²) >= 11 is 1.43. The highest BCUT2D eigenvalue weighted by atomic mass is 32.2. The van der Waals surface area contributed by atoms with Gasteiger partial charge in [-0.1, -0.05) is 48.2 Å². The summed E-state index contributed by atoms with van der Waals surface area (Å²) in [7, 11) is 0. The van der Waals surface area contributed by atoms with E-state index in [9.17, 15) is 9.59 Å². The zero-order chi connectivity index (χ0) is 15.4. The van der Waals surface area contributed by atoms with Gasteiger partial charge in [0.05, 0.1) is 0 Å². The van der Waals surface area contributed by atoms with Gasteiger partial charge in [0.15, 0.2) is 5.17 Å². The molecule has 1 heterocycles. The van der Waals surface area contributed by atoms with Crippen molar-refractivity contribution in [1.29, 1.82) is 0 Å². The number of aliphatic imine (C=N–C) groups is 1. The Hall–Kier alpha value is -2.40. The molecular formula is C17H14N2O2S. The highest BCUT2D eigenvalue weighted by Gasteiger charge is 2.27. The quantitative estimate of drug-likeness (QED) is 0.856. The van der Waals surface area contributed by atoms with Crippen molar-refractivity contribution in [2.75, 3.05) is 12.3 Å². The Morgan fingerprint density at radius 2 is 1.50 bits per heavy atom. The third kappa shape index (κ3) is 3.09. The molecule has 0 N–H and O–H groups in total. The SMILES string of the molecule is O=C(/N=C1\SCCN1C(=O)c1ccccc1)c1ccccc1. The van der Waals surface area contributed by atoms with Crippen molar-refractivity contribution in [2.45, 2.75) is 0 Å². The van der Waals surface area contributed by atoms with E-state index in [0.717, 1.165) is 5.75 Å².